The van der Waals surface area contributed by atoms with Crippen molar-refractivity contribution >= 4 is 39.8 Å². The number of nitrogen functional groups attached to an aromatic ring is 1. The summed E-state index contributed by atoms with van der Waals surface area (Å²) in [5.74, 6) is 6.14. The first-order valence-corrected chi connectivity index (χ1v) is 12.6. The van der Waals surface area contributed by atoms with E-state index in [4.69, 9.17) is 22.3 Å². The number of aldehydes is 1. The second-order valence-electron chi connectivity index (χ2n) is 8.59. The summed E-state index contributed by atoms with van der Waals surface area (Å²) >= 11 is 1.40. The SMILES string of the molecule is Cc1ccc(-c2nc(N/N=C(/C=O)Cc3ccccc3N)sc2-c2cccc(N(N)/C=C(\N)CO)c2)cc1. The number of para-hydroxylation sites is 1. The lowest BCUT2D eigenvalue weighted by molar-refractivity contribution is -0.102. The van der Waals surface area contributed by atoms with Crippen molar-refractivity contribution in [1.82, 2.24) is 4.98 Å². The molecule has 8 N–H and O–H groups in total. The number of hydrogen-bond donors (Lipinski definition) is 5. The lowest BCUT2D eigenvalue weighted by Crippen LogP contribution is -2.26. The van der Waals surface area contributed by atoms with E-state index in [0.29, 0.717) is 34.9 Å². The minimum Gasteiger partial charge on any atom is -0.399 e. The first kappa shape index (κ1) is 26.6. The van der Waals surface area contributed by atoms with Crippen LogP contribution < -0.4 is 27.7 Å². The summed E-state index contributed by atoms with van der Waals surface area (Å²) in [5.41, 5.74) is 21.1. The van der Waals surface area contributed by atoms with Gasteiger partial charge in [-0.15, -0.1) is 0 Å². The van der Waals surface area contributed by atoms with Gasteiger partial charge in [-0.25, -0.2) is 10.8 Å². The van der Waals surface area contributed by atoms with E-state index in [1.807, 2.05) is 73.7 Å². The summed E-state index contributed by atoms with van der Waals surface area (Å²) in [6.45, 7) is 1.73. The van der Waals surface area contributed by atoms with Crippen LogP contribution in [0.3, 0.4) is 0 Å². The molecule has 0 amide bonds. The van der Waals surface area contributed by atoms with Gasteiger partial charge in [-0.05, 0) is 36.2 Å². The van der Waals surface area contributed by atoms with Crippen molar-refractivity contribution in [2.24, 2.45) is 16.7 Å². The normalized spacial score (nSPS) is 11.9. The highest BCUT2D eigenvalue weighted by Gasteiger charge is 2.16. The van der Waals surface area contributed by atoms with Gasteiger partial charge in [0.25, 0.3) is 0 Å². The highest BCUT2D eigenvalue weighted by Crippen LogP contribution is 2.40. The van der Waals surface area contributed by atoms with Gasteiger partial charge in [0.15, 0.2) is 6.29 Å². The molecule has 0 aliphatic carbocycles. The molecular formula is C28H29N7O2S. The molecule has 0 bridgehead atoms. The second kappa shape index (κ2) is 12.2. The van der Waals surface area contributed by atoms with Crippen LogP contribution in [0.1, 0.15) is 11.1 Å². The monoisotopic (exact) mass is 527 g/mol. The van der Waals surface area contributed by atoms with E-state index in [1.54, 1.807) is 6.07 Å². The van der Waals surface area contributed by atoms with Gasteiger partial charge < -0.3 is 16.6 Å². The number of thiazole rings is 1. The molecule has 0 spiro atoms. The van der Waals surface area contributed by atoms with E-state index in [1.165, 1.54) is 22.5 Å². The van der Waals surface area contributed by atoms with Gasteiger partial charge in [0, 0.05) is 23.9 Å². The summed E-state index contributed by atoms with van der Waals surface area (Å²) in [7, 11) is 0. The fraction of sp³-hybridized carbons (Fsp3) is 0.107. The number of aryl methyl sites for hydroxylation is 1. The van der Waals surface area contributed by atoms with Gasteiger partial charge in [0.05, 0.1) is 28.6 Å². The molecule has 0 radical (unpaired) electrons. The third-order valence-electron chi connectivity index (χ3n) is 5.70. The van der Waals surface area contributed by atoms with Gasteiger partial charge in [0.1, 0.15) is 5.71 Å². The number of nitrogens with two attached hydrogens (primary N) is 3. The number of carbonyl (C=O) groups is 1. The molecular weight excluding hydrogens is 498 g/mol. The predicted molar refractivity (Wildman–Crippen MR) is 155 cm³/mol. The van der Waals surface area contributed by atoms with Crippen molar-refractivity contribution < 1.29 is 9.90 Å². The molecule has 9 nitrogen and oxygen atoms in total. The van der Waals surface area contributed by atoms with Crippen LogP contribution in [0.25, 0.3) is 21.7 Å². The first-order valence-electron chi connectivity index (χ1n) is 11.8. The van der Waals surface area contributed by atoms with Crippen molar-refractivity contribution in [3.63, 3.8) is 0 Å². The number of nitrogens with one attached hydrogen (secondary N) is 1. The van der Waals surface area contributed by atoms with E-state index in [-0.39, 0.29) is 12.3 Å². The molecule has 0 aliphatic rings. The highest BCUT2D eigenvalue weighted by atomic mass is 32.1. The van der Waals surface area contributed by atoms with Crippen LogP contribution in [0.4, 0.5) is 16.5 Å². The van der Waals surface area contributed by atoms with Gasteiger partial charge >= 0.3 is 0 Å². The van der Waals surface area contributed by atoms with Gasteiger partial charge in [-0.3, -0.25) is 15.2 Å². The molecule has 10 heteroatoms. The molecule has 0 saturated heterocycles. The summed E-state index contributed by atoms with van der Waals surface area (Å²) < 4.78 is 0. The number of carbonyl (C=O) groups excluding carboxylic acids is 1. The molecule has 1 aromatic heterocycles. The minimum absolute atomic E-state index is 0.239. The molecule has 0 saturated carbocycles. The maximum absolute atomic E-state index is 11.7. The largest absolute Gasteiger partial charge is 0.399 e. The zero-order chi connectivity index (χ0) is 27.1. The van der Waals surface area contributed by atoms with Gasteiger partial charge in [-0.1, -0.05) is 71.5 Å². The zero-order valence-corrected chi connectivity index (χ0v) is 21.7. The molecule has 4 rings (SSSR count). The second-order valence-corrected chi connectivity index (χ2v) is 9.59. The Morgan fingerprint density at radius 1 is 1.11 bits per heavy atom. The Morgan fingerprint density at radius 3 is 2.58 bits per heavy atom. The van der Waals surface area contributed by atoms with E-state index in [0.717, 1.165) is 32.8 Å². The topological polar surface area (TPSA) is 156 Å². The number of hydrazine groups is 1. The maximum Gasteiger partial charge on any atom is 0.204 e. The van der Waals surface area contributed by atoms with Gasteiger partial charge in [-0.2, -0.15) is 5.10 Å². The number of benzene rings is 3. The third kappa shape index (κ3) is 6.43. The van der Waals surface area contributed by atoms with Crippen LogP contribution >= 0.6 is 11.3 Å². The number of rotatable bonds is 10. The highest BCUT2D eigenvalue weighted by molar-refractivity contribution is 7.19. The molecule has 3 aromatic carbocycles. The van der Waals surface area contributed by atoms with Crippen molar-refractivity contribution in [3.05, 3.63) is 95.8 Å². The van der Waals surface area contributed by atoms with Crippen LogP contribution in [0.2, 0.25) is 0 Å². The van der Waals surface area contributed by atoms with E-state index >= 15 is 0 Å². The molecule has 0 unspecified atom stereocenters. The average Bonchev–Trinajstić information content (AvgIpc) is 3.36. The maximum atomic E-state index is 11.7. The van der Waals surface area contributed by atoms with Crippen molar-refractivity contribution in [3.8, 4) is 21.7 Å². The Morgan fingerprint density at radius 2 is 1.87 bits per heavy atom. The fourth-order valence-corrected chi connectivity index (χ4v) is 4.62. The Hall–Kier alpha value is -4.51. The Kier molecular flexibility index (Phi) is 8.49. The lowest BCUT2D eigenvalue weighted by Gasteiger charge is -2.15. The van der Waals surface area contributed by atoms with E-state index in [2.05, 4.69) is 10.5 Å². The minimum atomic E-state index is -0.297. The standard InChI is InChI=1S/C28H29N7O2S/c1-18-9-11-19(12-10-18)26-27(21-6-4-7-24(14-21)35(31)15-22(29)16-36)38-28(32-26)34-33-23(17-37)13-20-5-2-3-8-25(20)30/h2-12,14-15,17,36H,13,16,29-31H2,1H3,(H,32,34)/b22-15-,33-23+. The third-order valence-corrected chi connectivity index (χ3v) is 6.71. The number of aromatic nitrogens is 1. The number of anilines is 3. The Labute approximate surface area is 224 Å². The van der Waals surface area contributed by atoms with Crippen LogP contribution in [-0.4, -0.2) is 28.7 Å². The molecule has 4 aromatic rings. The summed E-state index contributed by atoms with van der Waals surface area (Å²) in [4.78, 5) is 17.4. The quantitative estimate of drug-likeness (QED) is 0.0680. The molecule has 0 aliphatic heterocycles. The van der Waals surface area contributed by atoms with Crippen LogP contribution in [0.15, 0.2) is 89.8 Å². The van der Waals surface area contributed by atoms with Crippen LogP contribution in [-0.2, 0) is 11.2 Å². The number of hydrogen-bond acceptors (Lipinski definition) is 10. The van der Waals surface area contributed by atoms with E-state index < -0.39 is 0 Å². The Bertz CT molecular complexity index is 1480. The number of hydrazone groups is 1. The van der Waals surface area contributed by atoms with Crippen LogP contribution in [0.5, 0.6) is 0 Å². The van der Waals surface area contributed by atoms with Crippen molar-refractivity contribution in [2.45, 2.75) is 13.3 Å². The number of aliphatic hydroxyl groups excluding tert-OH is 1. The summed E-state index contributed by atoms with van der Waals surface area (Å²) in [6, 6.07) is 23.0. The van der Waals surface area contributed by atoms with Gasteiger partial charge in [0.2, 0.25) is 5.13 Å². The smallest absolute Gasteiger partial charge is 0.204 e. The molecule has 0 atom stereocenters. The van der Waals surface area contributed by atoms with Crippen molar-refractivity contribution in [1.29, 1.82) is 0 Å². The summed E-state index contributed by atoms with van der Waals surface area (Å²) in [6.07, 6.45) is 2.47. The average molecular weight is 528 g/mol. The lowest BCUT2D eigenvalue weighted by atomic mass is 10.1. The van der Waals surface area contributed by atoms with Crippen LogP contribution in [0, 0.1) is 6.92 Å². The predicted octanol–water partition coefficient (Wildman–Crippen LogP) is 4.05. The molecule has 38 heavy (non-hydrogen) atoms. The molecule has 194 valence electrons. The zero-order valence-electron chi connectivity index (χ0n) is 20.8. The van der Waals surface area contributed by atoms with E-state index in [9.17, 15) is 9.90 Å². The fourth-order valence-electron chi connectivity index (χ4n) is 3.69. The number of nitrogens with zero attached hydrogens (tertiary/aromatic N) is 3. The molecule has 1 heterocycles. The Balaban J connectivity index is 1.70. The summed E-state index contributed by atoms with van der Waals surface area (Å²) in [5, 5.41) is 15.4. The van der Waals surface area contributed by atoms with Crippen molar-refractivity contribution in [2.75, 3.05) is 22.8 Å². The molecule has 0 fully saturated rings. The first-order chi connectivity index (χ1) is 18.4. The number of aliphatic hydroxyl groups is 1.